The number of benzene rings is 2. The Bertz CT molecular complexity index is 924. The molecule has 29 heavy (non-hydrogen) atoms. The standard InChI is InChI=1S/C24H29N3O2/c1-16-7-6-8-18(15-25)21(16)29-20-11-9-17(10-12-20)22(28)26-19-13-23(2,3)27-24(4,5)14-19/h6-12,19,27H,13-14H2,1-5H3,(H,26,28). The Hall–Kier alpha value is -2.84. The molecule has 1 heterocycles. The molecule has 2 aromatic carbocycles. The van der Waals surface area contributed by atoms with Gasteiger partial charge in [0.2, 0.25) is 0 Å². The molecule has 0 radical (unpaired) electrons. The molecule has 1 aliphatic rings. The maximum atomic E-state index is 12.7. The summed E-state index contributed by atoms with van der Waals surface area (Å²) in [7, 11) is 0. The van der Waals surface area contributed by atoms with Crippen LogP contribution in [0.4, 0.5) is 0 Å². The highest BCUT2D eigenvalue weighted by Crippen LogP contribution is 2.30. The maximum absolute atomic E-state index is 12.7. The number of aryl methyl sites for hydroxylation is 1. The zero-order valence-corrected chi connectivity index (χ0v) is 17.8. The first-order valence-corrected chi connectivity index (χ1v) is 9.96. The van der Waals surface area contributed by atoms with Crippen molar-refractivity contribution in [2.45, 2.75) is 64.6 Å². The fraction of sp³-hybridized carbons (Fsp3) is 0.417. The van der Waals surface area contributed by atoms with Crippen LogP contribution in [-0.2, 0) is 0 Å². The van der Waals surface area contributed by atoms with E-state index in [-0.39, 0.29) is 23.0 Å². The second-order valence-corrected chi connectivity index (χ2v) is 9.16. The molecule has 0 saturated carbocycles. The number of rotatable bonds is 4. The molecule has 5 heteroatoms. The third-order valence-corrected chi connectivity index (χ3v) is 5.19. The molecular weight excluding hydrogens is 362 g/mol. The lowest BCUT2D eigenvalue weighted by atomic mass is 9.79. The van der Waals surface area contributed by atoms with Gasteiger partial charge in [0.25, 0.3) is 5.91 Å². The van der Waals surface area contributed by atoms with Gasteiger partial charge in [-0.3, -0.25) is 4.79 Å². The summed E-state index contributed by atoms with van der Waals surface area (Å²) in [5.74, 6) is 1.06. The van der Waals surface area contributed by atoms with Gasteiger partial charge >= 0.3 is 0 Å². The van der Waals surface area contributed by atoms with Gasteiger partial charge in [0.05, 0.1) is 5.56 Å². The van der Waals surface area contributed by atoms with E-state index in [2.05, 4.69) is 44.4 Å². The summed E-state index contributed by atoms with van der Waals surface area (Å²) >= 11 is 0. The Morgan fingerprint density at radius 2 is 1.72 bits per heavy atom. The molecule has 0 unspecified atom stereocenters. The molecule has 0 spiro atoms. The number of nitrogens with zero attached hydrogens (tertiary/aromatic N) is 1. The topological polar surface area (TPSA) is 74.1 Å². The van der Waals surface area contributed by atoms with Gasteiger partial charge in [-0.05, 0) is 83.4 Å². The van der Waals surface area contributed by atoms with E-state index in [9.17, 15) is 10.1 Å². The third kappa shape index (κ3) is 5.16. The monoisotopic (exact) mass is 391 g/mol. The minimum Gasteiger partial charge on any atom is -0.456 e. The SMILES string of the molecule is Cc1cccc(C#N)c1Oc1ccc(C(=O)NC2CC(C)(C)NC(C)(C)C2)cc1. The number of piperidine rings is 1. The van der Waals surface area contributed by atoms with Gasteiger partial charge in [-0.15, -0.1) is 0 Å². The van der Waals surface area contributed by atoms with E-state index < -0.39 is 0 Å². The summed E-state index contributed by atoms with van der Waals surface area (Å²) in [6.45, 7) is 10.6. The van der Waals surface area contributed by atoms with E-state index >= 15 is 0 Å². The van der Waals surface area contributed by atoms with Gasteiger partial charge < -0.3 is 15.4 Å². The van der Waals surface area contributed by atoms with Gasteiger partial charge in [-0.25, -0.2) is 0 Å². The van der Waals surface area contributed by atoms with Crippen molar-refractivity contribution in [1.82, 2.24) is 10.6 Å². The predicted octanol–water partition coefficient (Wildman–Crippen LogP) is 4.70. The van der Waals surface area contributed by atoms with E-state index in [0.717, 1.165) is 18.4 Å². The number of hydrogen-bond acceptors (Lipinski definition) is 4. The van der Waals surface area contributed by atoms with Gasteiger partial charge in [0.1, 0.15) is 17.6 Å². The Balaban J connectivity index is 1.69. The van der Waals surface area contributed by atoms with Crippen molar-refractivity contribution in [3.8, 4) is 17.6 Å². The molecule has 0 aromatic heterocycles. The number of carbonyl (C=O) groups excluding carboxylic acids is 1. The molecule has 0 bridgehead atoms. The predicted molar refractivity (Wildman–Crippen MR) is 114 cm³/mol. The van der Waals surface area contributed by atoms with E-state index in [1.165, 1.54) is 0 Å². The quantitative estimate of drug-likeness (QED) is 0.792. The zero-order valence-electron chi connectivity index (χ0n) is 17.8. The van der Waals surface area contributed by atoms with Crippen LogP contribution in [0.1, 0.15) is 62.0 Å². The van der Waals surface area contributed by atoms with E-state index in [1.54, 1.807) is 30.3 Å². The number of ether oxygens (including phenoxy) is 1. The first-order chi connectivity index (χ1) is 13.6. The lowest BCUT2D eigenvalue weighted by Gasteiger charge is -2.46. The first kappa shape index (κ1) is 20.9. The zero-order chi connectivity index (χ0) is 21.2. The Morgan fingerprint density at radius 1 is 1.10 bits per heavy atom. The smallest absolute Gasteiger partial charge is 0.251 e. The largest absolute Gasteiger partial charge is 0.456 e. The van der Waals surface area contributed by atoms with Crippen molar-refractivity contribution in [2.75, 3.05) is 0 Å². The van der Waals surface area contributed by atoms with Crippen LogP contribution in [0.15, 0.2) is 42.5 Å². The van der Waals surface area contributed by atoms with Crippen LogP contribution >= 0.6 is 0 Å². The van der Waals surface area contributed by atoms with Crippen LogP contribution in [0, 0.1) is 18.3 Å². The number of amides is 1. The number of carbonyl (C=O) groups is 1. The molecule has 1 saturated heterocycles. The van der Waals surface area contributed by atoms with Crippen LogP contribution in [0.3, 0.4) is 0 Å². The summed E-state index contributed by atoms with van der Waals surface area (Å²) in [5.41, 5.74) is 1.93. The van der Waals surface area contributed by atoms with Crippen LogP contribution in [-0.4, -0.2) is 23.0 Å². The highest BCUT2D eigenvalue weighted by Gasteiger charge is 2.38. The normalized spacial score (nSPS) is 17.9. The molecule has 3 rings (SSSR count). The Morgan fingerprint density at radius 3 is 2.31 bits per heavy atom. The van der Waals surface area contributed by atoms with Crippen molar-refractivity contribution < 1.29 is 9.53 Å². The summed E-state index contributed by atoms with van der Waals surface area (Å²) in [6.07, 6.45) is 1.77. The van der Waals surface area contributed by atoms with Crippen molar-refractivity contribution in [2.24, 2.45) is 0 Å². The molecule has 2 N–H and O–H groups in total. The van der Waals surface area contributed by atoms with Gasteiger partial charge in [-0.2, -0.15) is 5.26 Å². The number of nitriles is 1. The molecule has 1 aliphatic heterocycles. The Kier molecular flexibility index (Phi) is 5.68. The molecule has 1 fully saturated rings. The maximum Gasteiger partial charge on any atom is 0.251 e. The summed E-state index contributed by atoms with van der Waals surface area (Å²) < 4.78 is 5.91. The molecule has 0 aliphatic carbocycles. The minimum atomic E-state index is -0.0799. The second-order valence-electron chi connectivity index (χ2n) is 9.16. The fourth-order valence-electron chi connectivity index (χ4n) is 4.36. The number of para-hydroxylation sites is 1. The van der Waals surface area contributed by atoms with E-state index in [4.69, 9.17) is 4.74 Å². The second kappa shape index (κ2) is 7.88. The van der Waals surface area contributed by atoms with E-state index in [0.29, 0.717) is 22.6 Å². The molecule has 1 amide bonds. The highest BCUT2D eigenvalue weighted by molar-refractivity contribution is 5.94. The number of hydrogen-bond donors (Lipinski definition) is 2. The van der Waals surface area contributed by atoms with Crippen LogP contribution in [0.25, 0.3) is 0 Å². The average molecular weight is 392 g/mol. The van der Waals surface area contributed by atoms with Gasteiger partial charge in [-0.1, -0.05) is 12.1 Å². The van der Waals surface area contributed by atoms with Crippen LogP contribution in [0.5, 0.6) is 11.5 Å². The van der Waals surface area contributed by atoms with Crippen molar-refractivity contribution in [3.05, 3.63) is 59.2 Å². The first-order valence-electron chi connectivity index (χ1n) is 9.96. The van der Waals surface area contributed by atoms with Gasteiger partial charge in [0.15, 0.2) is 0 Å². The van der Waals surface area contributed by atoms with Gasteiger partial charge in [0, 0.05) is 22.7 Å². The molecular formula is C24H29N3O2. The average Bonchev–Trinajstić information content (AvgIpc) is 2.61. The molecule has 5 nitrogen and oxygen atoms in total. The molecule has 2 aromatic rings. The molecule has 152 valence electrons. The fourth-order valence-corrected chi connectivity index (χ4v) is 4.36. The number of nitrogens with one attached hydrogen (secondary N) is 2. The third-order valence-electron chi connectivity index (χ3n) is 5.19. The van der Waals surface area contributed by atoms with Crippen LogP contribution in [0.2, 0.25) is 0 Å². The van der Waals surface area contributed by atoms with Crippen molar-refractivity contribution in [1.29, 1.82) is 5.26 Å². The minimum absolute atomic E-state index is 0.0244. The lowest BCUT2D eigenvalue weighted by Crippen LogP contribution is -2.62. The lowest BCUT2D eigenvalue weighted by molar-refractivity contribution is 0.0873. The van der Waals surface area contributed by atoms with Crippen molar-refractivity contribution >= 4 is 5.91 Å². The summed E-state index contributed by atoms with van der Waals surface area (Å²) in [5, 5.41) is 16.1. The van der Waals surface area contributed by atoms with E-state index in [1.807, 2.05) is 19.1 Å². The van der Waals surface area contributed by atoms with Crippen LogP contribution < -0.4 is 15.4 Å². The molecule has 0 atom stereocenters. The summed E-state index contributed by atoms with van der Waals surface area (Å²) in [4.78, 5) is 12.7. The highest BCUT2D eigenvalue weighted by atomic mass is 16.5. The summed E-state index contributed by atoms with van der Waals surface area (Å²) in [6, 6.07) is 14.8. The Labute approximate surface area is 173 Å². The van der Waals surface area contributed by atoms with Crippen molar-refractivity contribution in [3.63, 3.8) is 0 Å².